The maximum absolute atomic E-state index is 12.7. The van der Waals surface area contributed by atoms with Crippen molar-refractivity contribution in [1.82, 2.24) is 34.8 Å². The van der Waals surface area contributed by atoms with Crippen LogP contribution in [-0.4, -0.2) is 66.4 Å². The first-order valence-corrected chi connectivity index (χ1v) is 16.3. The van der Waals surface area contributed by atoms with Crippen molar-refractivity contribution in [2.24, 2.45) is 5.92 Å². The second-order valence-corrected chi connectivity index (χ2v) is 13.0. The molecule has 0 radical (unpaired) electrons. The number of amides is 1. The Morgan fingerprint density at radius 3 is 2.49 bits per heavy atom. The number of nitrogens with zero attached hydrogens (tertiary/aromatic N) is 7. The second kappa shape index (κ2) is 12.2. The van der Waals surface area contributed by atoms with E-state index in [0.717, 1.165) is 67.5 Å². The van der Waals surface area contributed by atoms with Gasteiger partial charge in [-0.25, -0.2) is 19.4 Å². The van der Waals surface area contributed by atoms with E-state index in [1.807, 2.05) is 35.7 Å². The summed E-state index contributed by atoms with van der Waals surface area (Å²) >= 11 is 0. The summed E-state index contributed by atoms with van der Waals surface area (Å²) in [6.45, 7) is 5.82. The quantitative estimate of drug-likeness (QED) is 0.249. The molecule has 0 aromatic carbocycles. The summed E-state index contributed by atoms with van der Waals surface area (Å²) in [5.74, 6) is 2.64. The van der Waals surface area contributed by atoms with Gasteiger partial charge in [-0.3, -0.25) is 9.78 Å². The Kier molecular flexibility index (Phi) is 7.97. The summed E-state index contributed by atoms with van der Waals surface area (Å²) in [5, 5.41) is 10.1. The Labute approximate surface area is 261 Å². The lowest BCUT2D eigenvalue weighted by atomic mass is 9.86. The lowest BCUT2D eigenvalue weighted by Crippen LogP contribution is -2.38. The zero-order valence-electron chi connectivity index (χ0n) is 25.9. The zero-order valence-corrected chi connectivity index (χ0v) is 25.9. The summed E-state index contributed by atoms with van der Waals surface area (Å²) in [6, 6.07) is 4.23. The van der Waals surface area contributed by atoms with Crippen LogP contribution in [0.2, 0.25) is 0 Å². The molecule has 4 aromatic rings. The number of hydrogen-bond donors (Lipinski definition) is 1. The number of Topliss-reactive ketones (excluding diaryl/α,β-unsaturated/α-hetero) is 1. The molecule has 0 atom stereocenters. The normalized spacial score (nSPS) is 18.3. The van der Waals surface area contributed by atoms with Crippen LogP contribution < -0.4 is 5.73 Å². The van der Waals surface area contributed by atoms with E-state index in [4.69, 9.17) is 25.1 Å². The summed E-state index contributed by atoms with van der Waals surface area (Å²) in [4.78, 5) is 39.6. The van der Waals surface area contributed by atoms with Gasteiger partial charge in [-0.1, -0.05) is 11.2 Å². The number of pyridine rings is 1. The van der Waals surface area contributed by atoms with E-state index in [-0.39, 0.29) is 12.1 Å². The lowest BCUT2D eigenvalue weighted by molar-refractivity contribution is -0.121. The molecule has 4 aromatic heterocycles. The molecular weight excluding hydrogens is 572 g/mol. The van der Waals surface area contributed by atoms with Gasteiger partial charge in [-0.15, -0.1) is 0 Å². The van der Waals surface area contributed by atoms with E-state index in [1.165, 1.54) is 6.33 Å². The first kappa shape index (κ1) is 29.4. The van der Waals surface area contributed by atoms with Crippen LogP contribution in [0.15, 0.2) is 29.2 Å². The number of carbonyl (C=O) groups is 2. The first-order valence-electron chi connectivity index (χ1n) is 16.3. The van der Waals surface area contributed by atoms with Crippen molar-refractivity contribution in [3.05, 3.63) is 36.0 Å². The monoisotopic (exact) mass is 612 g/mol. The van der Waals surface area contributed by atoms with Crippen molar-refractivity contribution in [3.63, 3.8) is 0 Å². The average molecular weight is 613 g/mol. The molecule has 2 aliphatic carbocycles. The number of rotatable bonds is 8. The molecule has 12 heteroatoms. The minimum atomic E-state index is -0.236. The van der Waals surface area contributed by atoms with Crippen LogP contribution >= 0.6 is 0 Å². The van der Waals surface area contributed by atoms with Crippen molar-refractivity contribution in [1.29, 1.82) is 0 Å². The van der Waals surface area contributed by atoms with Gasteiger partial charge in [0.25, 0.3) is 0 Å². The minimum Gasteiger partial charge on any atom is -0.449 e. The predicted molar refractivity (Wildman–Crippen MR) is 167 cm³/mol. The highest BCUT2D eigenvalue weighted by Crippen LogP contribution is 2.48. The molecule has 45 heavy (non-hydrogen) atoms. The van der Waals surface area contributed by atoms with Crippen LogP contribution in [0.4, 0.5) is 10.6 Å². The van der Waals surface area contributed by atoms with Crippen molar-refractivity contribution in [3.8, 4) is 22.6 Å². The van der Waals surface area contributed by atoms with Crippen LogP contribution in [0.5, 0.6) is 0 Å². The number of nitrogens with two attached hydrogens (primary N) is 1. The van der Waals surface area contributed by atoms with Crippen molar-refractivity contribution in [2.75, 3.05) is 25.4 Å². The number of likely N-dealkylation sites (tertiary alicyclic amines) is 1. The third-order valence-corrected chi connectivity index (χ3v) is 9.58. The fourth-order valence-electron chi connectivity index (χ4n) is 6.74. The van der Waals surface area contributed by atoms with Gasteiger partial charge in [0.2, 0.25) is 0 Å². The molecule has 1 aliphatic heterocycles. The lowest BCUT2D eigenvalue weighted by Gasteiger charge is -2.31. The number of aromatic nitrogens is 6. The third-order valence-electron chi connectivity index (χ3n) is 9.58. The maximum atomic E-state index is 12.7. The van der Waals surface area contributed by atoms with Gasteiger partial charge in [0, 0.05) is 44.1 Å². The fourth-order valence-corrected chi connectivity index (χ4v) is 6.74. The number of ether oxygens (including phenoxy) is 1. The number of anilines is 1. The second-order valence-electron chi connectivity index (χ2n) is 13.0. The molecule has 0 unspecified atom stereocenters. The van der Waals surface area contributed by atoms with E-state index in [2.05, 4.69) is 21.2 Å². The molecule has 1 saturated heterocycles. The molecule has 3 aliphatic rings. The van der Waals surface area contributed by atoms with E-state index >= 15 is 0 Å². The standard InChI is InChI=1S/C33H40N8O4/c1-19(2)41-32-27(31(34)36-18-37-32)28(38-41)29-26(30(45-39-29)22-5-6-22)25-10-7-23(17-35-25)21-11-14-40(15-12-21)33(43)44-16-13-20-3-8-24(42)9-4-20/h7,10,17-22H,3-6,8-9,11-16H2,1-2H3,(H2,34,36,37). The fraction of sp³-hybridized carbons (Fsp3) is 0.545. The molecule has 7 rings (SSSR count). The first-order chi connectivity index (χ1) is 21.9. The molecular formula is C33H40N8O4. The smallest absolute Gasteiger partial charge is 0.409 e. The maximum Gasteiger partial charge on any atom is 0.409 e. The zero-order chi connectivity index (χ0) is 31.1. The van der Waals surface area contributed by atoms with Gasteiger partial charge in [0.1, 0.15) is 35.1 Å². The molecule has 12 nitrogen and oxygen atoms in total. The predicted octanol–water partition coefficient (Wildman–Crippen LogP) is 6.05. The highest BCUT2D eigenvalue weighted by molar-refractivity contribution is 6.00. The Balaban J connectivity index is 1.05. The Morgan fingerprint density at radius 2 is 1.80 bits per heavy atom. The van der Waals surface area contributed by atoms with Gasteiger partial charge < -0.3 is 19.9 Å². The van der Waals surface area contributed by atoms with Gasteiger partial charge in [0.15, 0.2) is 5.65 Å². The van der Waals surface area contributed by atoms with Crippen molar-refractivity contribution < 1.29 is 18.8 Å². The van der Waals surface area contributed by atoms with Crippen LogP contribution in [0, 0.1) is 5.92 Å². The van der Waals surface area contributed by atoms with E-state index in [1.54, 1.807) is 0 Å². The molecule has 3 fully saturated rings. The molecule has 2 N–H and O–H groups in total. The number of ketones is 1. The summed E-state index contributed by atoms with van der Waals surface area (Å²) in [5.41, 5.74) is 11.0. The van der Waals surface area contributed by atoms with Gasteiger partial charge >= 0.3 is 6.09 Å². The topological polar surface area (TPSA) is 155 Å². The molecule has 236 valence electrons. The summed E-state index contributed by atoms with van der Waals surface area (Å²) < 4.78 is 13.4. The third kappa shape index (κ3) is 5.89. The van der Waals surface area contributed by atoms with Gasteiger partial charge in [0.05, 0.1) is 23.3 Å². The Bertz CT molecular complexity index is 1690. The highest BCUT2D eigenvalue weighted by atomic mass is 16.6. The number of carbonyl (C=O) groups excluding carboxylic acids is 2. The minimum absolute atomic E-state index is 0.0640. The Morgan fingerprint density at radius 1 is 1.02 bits per heavy atom. The molecule has 0 bridgehead atoms. The number of hydrogen-bond acceptors (Lipinski definition) is 10. The highest BCUT2D eigenvalue weighted by Gasteiger charge is 2.36. The van der Waals surface area contributed by atoms with Crippen molar-refractivity contribution in [2.45, 2.75) is 89.5 Å². The molecule has 0 spiro atoms. The van der Waals surface area contributed by atoms with E-state index < -0.39 is 0 Å². The summed E-state index contributed by atoms with van der Waals surface area (Å²) in [6.07, 6.45) is 11.0. The van der Waals surface area contributed by atoms with Crippen LogP contribution in [0.1, 0.15) is 101 Å². The van der Waals surface area contributed by atoms with Crippen molar-refractivity contribution >= 4 is 28.7 Å². The van der Waals surface area contributed by atoms with Crippen LogP contribution in [0.25, 0.3) is 33.7 Å². The Hall–Kier alpha value is -4.35. The molecule has 5 heterocycles. The number of nitrogen functional groups attached to an aromatic ring is 1. The molecule has 1 amide bonds. The van der Waals surface area contributed by atoms with E-state index in [9.17, 15) is 9.59 Å². The number of piperidine rings is 1. The van der Waals surface area contributed by atoms with Crippen LogP contribution in [-0.2, 0) is 9.53 Å². The largest absolute Gasteiger partial charge is 0.449 e. The number of fused-ring (bicyclic) bond motifs is 1. The molecule has 2 saturated carbocycles. The summed E-state index contributed by atoms with van der Waals surface area (Å²) in [7, 11) is 0. The van der Waals surface area contributed by atoms with Gasteiger partial charge in [-0.2, -0.15) is 5.10 Å². The van der Waals surface area contributed by atoms with Gasteiger partial charge in [-0.05, 0) is 82.3 Å². The van der Waals surface area contributed by atoms with Crippen LogP contribution in [0.3, 0.4) is 0 Å². The van der Waals surface area contributed by atoms with E-state index in [0.29, 0.717) is 84.3 Å². The SMILES string of the molecule is CC(C)n1nc(-c2noc(C3CC3)c2-c2ccc(C3CCN(C(=O)OCCC4CCC(=O)CC4)CC3)cn2)c2c(N)ncnc21. The average Bonchev–Trinajstić information content (AvgIpc) is 3.68.